The third-order valence-corrected chi connectivity index (χ3v) is 6.07. The molecule has 0 radical (unpaired) electrons. The van der Waals surface area contributed by atoms with Crippen LogP contribution in [0.15, 0.2) is 42.4 Å². The second-order valence-electron chi connectivity index (χ2n) is 7.31. The summed E-state index contributed by atoms with van der Waals surface area (Å²) in [4.78, 5) is 26.1. The first-order valence-electron chi connectivity index (χ1n) is 9.47. The number of rotatable bonds is 4. The molecule has 2 fully saturated rings. The number of nitrogens with one attached hydrogen (secondary N) is 1. The molecule has 7 heteroatoms. The summed E-state index contributed by atoms with van der Waals surface area (Å²) in [5.41, 5.74) is 1.93. The van der Waals surface area contributed by atoms with Gasteiger partial charge in [-0.1, -0.05) is 48.5 Å². The summed E-state index contributed by atoms with van der Waals surface area (Å²) in [5, 5.41) is 3.50. The summed E-state index contributed by atoms with van der Waals surface area (Å²) in [6.45, 7) is 0.141. The van der Waals surface area contributed by atoms with E-state index >= 15 is 0 Å². The van der Waals surface area contributed by atoms with Gasteiger partial charge in [-0.2, -0.15) is 0 Å². The van der Waals surface area contributed by atoms with Gasteiger partial charge in [0.25, 0.3) is 5.91 Å². The summed E-state index contributed by atoms with van der Waals surface area (Å²) in [6, 6.07) is 7.14. The molecule has 2 aliphatic rings. The van der Waals surface area contributed by atoms with E-state index in [1.807, 2.05) is 12.3 Å². The maximum atomic E-state index is 12.7. The van der Waals surface area contributed by atoms with Crippen LogP contribution in [0.5, 0.6) is 0 Å². The van der Waals surface area contributed by atoms with Crippen molar-refractivity contribution in [1.82, 2.24) is 14.8 Å². The number of imide groups is 1. The molecule has 0 unspecified atom stereocenters. The molecule has 1 saturated heterocycles. The Bertz CT molecular complexity index is 945. The van der Waals surface area contributed by atoms with E-state index in [4.69, 9.17) is 23.2 Å². The first kappa shape index (κ1) is 19.1. The van der Waals surface area contributed by atoms with Crippen molar-refractivity contribution < 1.29 is 9.59 Å². The lowest BCUT2D eigenvalue weighted by molar-refractivity contribution is -0.123. The zero-order chi connectivity index (χ0) is 19.7. The lowest BCUT2D eigenvalue weighted by Crippen LogP contribution is -2.30. The Balaban J connectivity index is 1.48. The van der Waals surface area contributed by atoms with Gasteiger partial charge in [-0.15, -0.1) is 0 Å². The van der Waals surface area contributed by atoms with Crippen molar-refractivity contribution in [2.24, 2.45) is 0 Å². The van der Waals surface area contributed by atoms with Gasteiger partial charge < -0.3 is 9.88 Å². The molecule has 5 nitrogen and oxygen atoms in total. The van der Waals surface area contributed by atoms with Gasteiger partial charge in [0.05, 0.1) is 16.6 Å². The highest BCUT2D eigenvalue weighted by molar-refractivity contribution is 6.42. The van der Waals surface area contributed by atoms with Crippen molar-refractivity contribution in [3.05, 3.63) is 63.5 Å². The van der Waals surface area contributed by atoms with Crippen LogP contribution in [0.2, 0.25) is 10.0 Å². The fourth-order valence-electron chi connectivity index (χ4n) is 3.82. The number of benzene rings is 1. The standard InChI is InChI=1S/C21H21Cl2N3O2/c22-17-7-6-14(10-18(17)23)13-26-20(27)19(24-21(26)28)11-15-8-9-25(12-15)16-4-2-1-3-5-16/h6-12,16H,1-5,13H2,(H,24,28)/b19-11+. The van der Waals surface area contributed by atoms with Crippen molar-refractivity contribution >= 4 is 41.2 Å². The van der Waals surface area contributed by atoms with Gasteiger partial charge in [-0.25, -0.2) is 4.79 Å². The number of urea groups is 1. The fourth-order valence-corrected chi connectivity index (χ4v) is 4.15. The lowest BCUT2D eigenvalue weighted by Gasteiger charge is -2.23. The Morgan fingerprint density at radius 2 is 1.86 bits per heavy atom. The predicted molar refractivity (Wildman–Crippen MR) is 110 cm³/mol. The quantitative estimate of drug-likeness (QED) is 0.535. The minimum atomic E-state index is -0.436. The Labute approximate surface area is 173 Å². The highest BCUT2D eigenvalue weighted by atomic mass is 35.5. The normalized spacial score (nSPS) is 19.5. The largest absolute Gasteiger partial charge is 0.351 e. The van der Waals surface area contributed by atoms with E-state index in [1.165, 1.54) is 37.0 Å². The van der Waals surface area contributed by atoms with Gasteiger partial charge >= 0.3 is 6.03 Å². The lowest BCUT2D eigenvalue weighted by atomic mass is 9.95. The molecule has 0 spiro atoms. The van der Waals surface area contributed by atoms with Crippen LogP contribution in [0.25, 0.3) is 6.08 Å². The van der Waals surface area contributed by atoms with Crippen LogP contribution in [0.3, 0.4) is 0 Å². The summed E-state index contributed by atoms with van der Waals surface area (Å²) in [5.74, 6) is -0.346. The summed E-state index contributed by atoms with van der Waals surface area (Å²) in [7, 11) is 0. The van der Waals surface area contributed by atoms with Crippen molar-refractivity contribution in [3.63, 3.8) is 0 Å². The maximum absolute atomic E-state index is 12.7. The third kappa shape index (κ3) is 3.96. The van der Waals surface area contributed by atoms with Gasteiger partial charge in [0.1, 0.15) is 5.70 Å². The molecule has 1 N–H and O–H groups in total. The average molecular weight is 418 g/mol. The number of carbonyl (C=O) groups is 2. The molecule has 1 aromatic carbocycles. The minimum absolute atomic E-state index is 0.141. The Morgan fingerprint density at radius 1 is 1.07 bits per heavy atom. The van der Waals surface area contributed by atoms with E-state index in [-0.39, 0.29) is 18.1 Å². The van der Waals surface area contributed by atoms with Crippen LogP contribution in [0.4, 0.5) is 4.79 Å². The van der Waals surface area contributed by atoms with Gasteiger partial charge in [0.15, 0.2) is 0 Å². The van der Waals surface area contributed by atoms with Gasteiger partial charge in [0.2, 0.25) is 0 Å². The van der Waals surface area contributed by atoms with Crippen molar-refractivity contribution in [3.8, 4) is 0 Å². The molecule has 4 rings (SSSR count). The van der Waals surface area contributed by atoms with Gasteiger partial charge in [-0.3, -0.25) is 9.69 Å². The molecule has 0 bridgehead atoms. The summed E-state index contributed by atoms with van der Waals surface area (Å²) in [6.07, 6.45) is 12.0. The van der Waals surface area contributed by atoms with Crippen LogP contribution in [0.1, 0.15) is 49.3 Å². The molecule has 1 aliphatic heterocycles. The van der Waals surface area contributed by atoms with E-state index in [1.54, 1.807) is 24.3 Å². The number of carbonyl (C=O) groups excluding carboxylic acids is 2. The molecule has 3 amide bonds. The SMILES string of the molecule is O=C1N/C(=C/c2ccn(C3CCCCC3)c2)C(=O)N1Cc1ccc(Cl)c(Cl)c1. The molecule has 2 aromatic rings. The van der Waals surface area contributed by atoms with Crippen LogP contribution >= 0.6 is 23.2 Å². The Hall–Kier alpha value is -2.24. The highest BCUT2D eigenvalue weighted by Gasteiger charge is 2.33. The molecule has 0 atom stereocenters. The molecule has 146 valence electrons. The molecule has 2 heterocycles. The van der Waals surface area contributed by atoms with E-state index < -0.39 is 6.03 Å². The van der Waals surface area contributed by atoms with Gasteiger partial charge in [0, 0.05) is 18.4 Å². The molecular formula is C21H21Cl2N3O2. The second-order valence-corrected chi connectivity index (χ2v) is 8.13. The van der Waals surface area contributed by atoms with Crippen LogP contribution in [-0.4, -0.2) is 21.4 Å². The first-order chi connectivity index (χ1) is 13.5. The number of hydrogen-bond donors (Lipinski definition) is 1. The maximum Gasteiger partial charge on any atom is 0.329 e. The smallest absolute Gasteiger partial charge is 0.329 e. The van der Waals surface area contributed by atoms with E-state index in [0.717, 1.165) is 11.1 Å². The van der Waals surface area contributed by atoms with E-state index in [2.05, 4.69) is 16.1 Å². The summed E-state index contributed by atoms with van der Waals surface area (Å²) < 4.78 is 2.22. The molecular weight excluding hydrogens is 397 g/mol. The first-order valence-corrected chi connectivity index (χ1v) is 10.2. The predicted octanol–water partition coefficient (Wildman–Crippen LogP) is 5.39. The van der Waals surface area contributed by atoms with Crippen LogP contribution in [0, 0.1) is 0 Å². The monoisotopic (exact) mass is 417 g/mol. The van der Waals surface area contributed by atoms with Gasteiger partial charge in [-0.05, 0) is 48.2 Å². The fraction of sp³-hybridized carbons (Fsp3) is 0.333. The molecule has 1 saturated carbocycles. The van der Waals surface area contributed by atoms with E-state index in [0.29, 0.717) is 16.1 Å². The summed E-state index contributed by atoms with van der Waals surface area (Å²) >= 11 is 11.9. The second kappa shape index (κ2) is 8.02. The Morgan fingerprint density at radius 3 is 2.61 bits per heavy atom. The van der Waals surface area contributed by atoms with E-state index in [9.17, 15) is 9.59 Å². The number of hydrogen-bond acceptors (Lipinski definition) is 2. The molecule has 28 heavy (non-hydrogen) atoms. The zero-order valence-corrected chi connectivity index (χ0v) is 16.8. The molecule has 1 aromatic heterocycles. The molecule has 1 aliphatic carbocycles. The third-order valence-electron chi connectivity index (χ3n) is 5.33. The number of halogens is 2. The minimum Gasteiger partial charge on any atom is -0.351 e. The van der Waals surface area contributed by atoms with Crippen molar-refractivity contribution in [1.29, 1.82) is 0 Å². The van der Waals surface area contributed by atoms with Crippen molar-refractivity contribution in [2.45, 2.75) is 44.7 Å². The average Bonchev–Trinajstić information content (AvgIpc) is 3.26. The van der Waals surface area contributed by atoms with Crippen molar-refractivity contribution in [2.75, 3.05) is 0 Å². The number of amides is 3. The number of aromatic nitrogens is 1. The van der Waals surface area contributed by atoms with Crippen LogP contribution < -0.4 is 5.32 Å². The topological polar surface area (TPSA) is 54.3 Å². The highest BCUT2D eigenvalue weighted by Crippen LogP contribution is 2.29. The van der Waals surface area contributed by atoms with Crippen LogP contribution in [-0.2, 0) is 11.3 Å². The zero-order valence-electron chi connectivity index (χ0n) is 15.3. The Kier molecular flexibility index (Phi) is 5.47. The number of nitrogens with zero attached hydrogens (tertiary/aromatic N) is 2.